The first-order chi connectivity index (χ1) is 13.6. The number of esters is 1. The first-order valence-electron chi connectivity index (χ1n) is 8.73. The molecule has 0 N–H and O–H groups in total. The quantitative estimate of drug-likeness (QED) is 0.481. The van der Waals surface area contributed by atoms with Gasteiger partial charge in [-0.2, -0.15) is 0 Å². The van der Waals surface area contributed by atoms with Crippen molar-refractivity contribution >= 4 is 23.1 Å². The average Bonchev–Trinajstić information content (AvgIpc) is 3.22. The second-order valence-corrected chi connectivity index (χ2v) is 7.12. The minimum atomic E-state index is -0.625. The summed E-state index contributed by atoms with van der Waals surface area (Å²) in [5, 5.41) is 2.36. The maximum atomic E-state index is 12.3. The summed E-state index contributed by atoms with van der Waals surface area (Å²) in [6.07, 6.45) is 0. The van der Waals surface area contributed by atoms with Gasteiger partial charge in [0.1, 0.15) is 18.2 Å². The Morgan fingerprint density at radius 1 is 1.07 bits per heavy atom. The standard InChI is InChI=1S/C21H17NO5S/c1-13-2-4-14(5-3-13)20-22-16(12-28-20)21(24)27-11-17(23)15-6-7-18-19(10-15)26-9-8-25-18/h2-7,10,12H,8-9,11H2,1H3. The number of Topliss-reactive ketones (excluding diaryl/α,β-unsaturated/α-hetero) is 1. The van der Waals surface area contributed by atoms with Crippen LogP contribution in [0.2, 0.25) is 0 Å². The molecule has 0 saturated heterocycles. The maximum Gasteiger partial charge on any atom is 0.358 e. The molecule has 0 spiro atoms. The fourth-order valence-electron chi connectivity index (χ4n) is 2.70. The van der Waals surface area contributed by atoms with Crippen LogP contribution in [0.5, 0.6) is 11.5 Å². The first kappa shape index (κ1) is 18.2. The fourth-order valence-corrected chi connectivity index (χ4v) is 3.50. The number of hydrogen-bond donors (Lipinski definition) is 0. The number of ether oxygens (including phenoxy) is 3. The third-order valence-corrected chi connectivity index (χ3v) is 5.10. The lowest BCUT2D eigenvalue weighted by Gasteiger charge is -2.18. The Balaban J connectivity index is 1.39. The second kappa shape index (κ2) is 7.82. The molecule has 7 heteroatoms. The van der Waals surface area contributed by atoms with Crippen LogP contribution >= 0.6 is 11.3 Å². The van der Waals surface area contributed by atoms with Crippen LogP contribution in [0.25, 0.3) is 10.6 Å². The van der Waals surface area contributed by atoms with E-state index in [1.54, 1.807) is 23.6 Å². The van der Waals surface area contributed by atoms with Gasteiger partial charge in [-0.15, -0.1) is 11.3 Å². The molecule has 0 fully saturated rings. The number of benzene rings is 2. The molecule has 142 valence electrons. The number of fused-ring (bicyclic) bond motifs is 1. The van der Waals surface area contributed by atoms with Gasteiger partial charge in [0, 0.05) is 16.5 Å². The van der Waals surface area contributed by atoms with Crippen LogP contribution in [0, 0.1) is 6.92 Å². The van der Waals surface area contributed by atoms with Crippen LogP contribution in [0.15, 0.2) is 47.8 Å². The largest absolute Gasteiger partial charge is 0.486 e. The number of aryl methyl sites for hydroxylation is 1. The molecule has 1 aromatic heterocycles. The lowest BCUT2D eigenvalue weighted by Crippen LogP contribution is -2.17. The van der Waals surface area contributed by atoms with Gasteiger partial charge in [0.15, 0.2) is 29.6 Å². The highest BCUT2D eigenvalue weighted by molar-refractivity contribution is 7.13. The zero-order chi connectivity index (χ0) is 19.5. The highest BCUT2D eigenvalue weighted by atomic mass is 32.1. The highest BCUT2D eigenvalue weighted by Gasteiger charge is 2.18. The van der Waals surface area contributed by atoms with Crippen molar-refractivity contribution in [3.05, 3.63) is 64.7 Å². The molecule has 3 aromatic rings. The summed E-state index contributed by atoms with van der Waals surface area (Å²) in [6.45, 7) is 2.56. The Kier molecular flexibility index (Phi) is 5.08. The third kappa shape index (κ3) is 3.89. The third-order valence-electron chi connectivity index (χ3n) is 4.21. The molecule has 0 unspecified atom stereocenters. The molecule has 6 nitrogen and oxygen atoms in total. The molecule has 28 heavy (non-hydrogen) atoms. The topological polar surface area (TPSA) is 74.7 Å². The van der Waals surface area contributed by atoms with E-state index in [4.69, 9.17) is 14.2 Å². The maximum absolute atomic E-state index is 12.3. The minimum absolute atomic E-state index is 0.190. The minimum Gasteiger partial charge on any atom is -0.486 e. The van der Waals surface area contributed by atoms with E-state index in [9.17, 15) is 9.59 Å². The molecule has 0 saturated carbocycles. The molecule has 0 radical (unpaired) electrons. The first-order valence-corrected chi connectivity index (χ1v) is 9.60. The van der Waals surface area contributed by atoms with Crippen LogP contribution in [0.1, 0.15) is 26.4 Å². The van der Waals surface area contributed by atoms with Gasteiger partial charge in [0.25, 0.3) is 0 Å². The van der Waals surface area contributed by atoms with Crippen molar-refractivity contribution in [3.63, 3.8) is 0 Å². The van der Waals surface area contributed by atoms with Crippen LogP contribution in [0.4, 0.5) is 0 Å². The summed E-state index contributed by atoms with van der Waals surface area (Å²) >= 11 is 1.36. The van der Waals surface area contributed by atoms with Crippen molar-refractivity contribution in [1.82, 2.24) is 4.98 Å². The number of hydrogen-bond acceptors (Lipinski definition) is 7. The monoisotopic (exact) mass is 395 g/mol. The molecular formula is C21H17NO5S. The number of carbonyl (C=O) groups excluding carboxylic acids is 2. The Hall–Kier alpha value is -3.19. The van der Waals surface area contributed by atoms with Gasteiger partial charge < -0.3 is 14.2 Å². The molecule has 0 bridgehead atoms. The van der Waals surface area contributed by atoms with Gasteiger partial charge in [0.05, 0.1) is 0 Å². The zero-order valence-corrected chi connectivity index (χ0v) is 16.0. The molecule has 2 heterocycles. The smallest absolute Gasteiger partial charge is 0.358 e. The molecule has 0 aliphatic carbocycles. The molecule has 4 rings (SSSR count). The molecule has 1 aliphatic rings. The van der Waals surface area contributed by atoms with Crippen LogP contribution in [-0.2, 0) is 4.74 Å². The van der Waals surface area contributed by atoms with E-state index < -0.39 is 5.97 Å². The van der Waals surface area contributed by atoms with Gasteiger partial charge >= 0.3 is 5.97 Å². The SMILES string of the molecule is Cc1ccc(-c2nc(C(=O)OCC(=O)c3ccc4c(c3)OCCO4)cs2)cc1. The van der Waals surface area contributed by atoms with E-state index in [1.807, 2.05) is 31.2 Å². The fraction of sp³-hybridized carbons (Fsp3) is 0.190. The van der Waals surface area contributed by atoms with Gasteiger partial charge in [0.2, 0.25) is 0 Å². The zero-order valence-electron chi connectivity index (χ0n) is 15.1. The highest BCUT2D eigenvalue weighted by Crippen LogP contribution is 2.31. The number of ketones is 1. The van der Waals surface area contributed by atoms with E-state index in [-0.39, 0.29) is 18.1 Å². The lowest BCUT2D eigenvalue weighted by molar-refractivity contribution is 0.0469. The van der Waals surface area contributed by atoms with Gasteiger partial charge in [-0.05, 0) is 25.1 Å². The Morgan fingerprint density at radius 3 is 2.61 bits per heavy atom. The summed E-state index contributed by atoms with van der Waals surface area (Å²) in [5.41, 5.74) is 2.67. The number of aromatic nitrogens is 1. The second-order valence-electron chi connectivity index (χ2n) is 6.26. The van der Waals surface area contributed by atoms with Crippen molar-refractivity contribution < 1.29 is 23.8 Å². The van der Waals surface area contributed by atoms with Crippen LogP contribution in [-0.4, -0.2) is 36.6 Å². The number of rotatable bonds is 5. The number of thiazole rings is 1. The lowest BCUT2D eigenvalue weighted by atomic mass is 10.1. The van der Waals surface area contributed by atoms with Crippen LogP contribution < -0.4 is 9.47 Å². The van der Waals surface area contributed by atoms with E-state index in [2.05, 4.69) is 4.98 Å². The van der Waals surface area contributed by atoms with E-state index in [0.717, 1.165) is 16.1 Å². The summed E-state index contributed by atoms with van der Waals surface area (Å²) in [6, 6.07) is 12.8. The summed E-state index contributed by atoms with van der Waals surface area (Å²) in [7, 11) is 0. The predicted octanol–water partition coefficient (Wildman–Crippen LogP) is 3.93. The summed E-state index contributed by atoms with van der Waals surface area (Å²) < 4.78 is 16.0. The van der Waals surface area contributed by atoms with Crippen molar-refractivity contribution in [2.75, 3.05) is 19.8 Å². The molecule has 1 aliphatic heterocycles. The Bertz CT molecular complexity index is 1030. The average molecular weight is 395 g/mol. The van der Waals surface area contributed by atoms with Crippen LogP contribution in [0.3, 0.4) is 0 Å². The van der Waals surface area contributed by atoms with Crippen molar-refractivity contribution in [2.45, 2.75) is 6.92 Å². The Morgan fingerprint density at radius 2 is 1.82 bits per heavy atom. The Labute approximate surface area is 165 Å². The molecule has 2 aromatic carbocycles. The molecular weight excluding hydrogens is 378 g/mol. The summed E-state index contributed by atoms with van der Waals surface area (Å²) in [4.78, 5) is 28.9. The molecule has 0 amide bonds. The van der Waals surface area contributed by atoms with Gasteiger partial charge in [-0.3, -0.25) is 4.79 Å². The normalized spacial score (nSPS) is 12.5. The van der Waals surface area contributed by atoms with Crippen molar-refractivity contribution in [2.24, 2.45) is 0 Å². The van der Waals surface area contributed by atoms with E-state index in [0.29, 0.717) is 30.3 Å². The van der Waals surface area contributed by atoms with E-state index >= 15 is 0 Å². The molecule has 0 atom stereocenters. The predicted molar refractivity (Wildman–Crippen MR) is 104 cm³/mol. The number of nitrogens with zero attached hydrogens (tertiary/aromatic N) is 1. The summed E-state index contributed by atoms with van der Waals surface area (Å²) in [5.74, 6) is 0.177. The van der Waals surface area contributed by atoms with Gasteiger partial charge in [-0.1, -0.05) is 29.8 Å². The van der Waals surface area contributed by atoms with Crippen molar-refractivity contribution in [1.29, 1.82) is 0 Å². The van der Waals surface area contributed by atoms with Crippen molar-refractivity contribution in [3.8, 4) is 22.1 Å². The number of carbonyl (C=O) groups is 2. The van der Waals surface area contributed by atoms with E-state index in [1.165, 1.54) is 11.3 Å². The van der Waals surface area contributed by atoms with Gasteiger partial charge in [-0.25, -0.2) is 9.78 Å².